The Bertz CT molecular complexity index is 534. The Hall–Kier alpha value is -2.17. The molecule has 0 heterocycles. The first kappa shape index (κ1) is 16.2. The third kappa shape index (κ3) is 4.98. The van der Waals surface area contributed by atoms with Gasteiger partial charge in [-0.25, -0.2) is 5.43 Å². The van der Waals surface area contributed by atoms with Gasteiger partial charge in [0.05, 0.1) is 12.3 Å². The van der Waals surface area contributed by atoms with Gasteiger partial charge in [-0.3, -0.25) is 9.59 Å². The van der Waals surface area contributed by atoms with Crippen LogP contribution in [0.15, 0.2) is 35.4 Å². The number of rotatable bonds is 5. The predicted octanol–water partition coefficient (Wildman–Crippen LogP) is 2.22. The summed E-state index contributed by atoms with van der Waals surface area (Å²) in [6.45, 7) is 1.80. The van der Waals surface area contributed by atoms with Crippen LogP contribution in [0.1, 0.15) is 44.6 Å². The van der Waals surface area contributed by atoms with Crippen molar-refractivity contribution in [1.29, 1.82) is 0 Å². The van der Waals surface area contributed by atoms with Gasteiger partial charge >= 0.3 is 0 Å². The summed E-state index contributed by atoms with van der Waals surface area (Å²) in [7, 11) is 0. The number of nitrogens with one attached hydrogen (secondary N) is 2. The normalized spacial score (nSPS) is 16.1. The van der Waals surface area contributed by atoms with Gasteiger partial charge < -0.3 is 5.32 Å². The van der Waals surface area contributed by atoms with E-state index in [-0.39, 0.29) is 24.3 Å². The van der Waals surface area contributed by atoms with Crippen LogP contribution < -0.4 is 10.7 Å². The van der Waals surface area contributed by atoms with Gasteiger partial charge in [0.1, 0.15) is 0 Å². The average Bonchev–Trinajstić information content (AvgIpc) is 2.59. The number of hydrogen-bond acceptors (Lipinski definition) is 3. The lowest BCUT2D eigenvalue weighted by Crippen LogP contribution is -2.39. The second kappa shape index (κ2) is 8.32. The monoisotopic (exact) mass is 301 g/mol. The van der Waals surface area contributed by atoms with Gasteiger partial charge in [-0.15, -0.1) is 0 Å². The fourth-order valence-corrected chi connectivity index (χ4v) is 2.61. The van der Waals surface area contributed by atoms with Gasteiger partial charge in [-0.05, 0) is 25.3 Å². The van der Waals surface area contributed by atoms with Gasteiger partial charge in [0.15, 0.2) is 0 Å². The third-order valence-corrected chi connectivity index (χ3v) is 3.94. The number of carbonyl (C=O) groups excluding carboxylic acids is 2. The molecule has 5 heteroatoms. The van der Waals surface area contributed by atoms with Crippen LogP contribution in [0.25, 0.3) is 0 Å². The summed E-state index contributed by atoms with van der Waals surface area (Å²) in [6.07, 6.45) is 5.27. The molecule has 0 radical (unpaired) electrons. The minimum Gasteiger partial charge on any atom is -0.347 e. The lowest BCUT2D eigenvalue weighted by molar-refractivity contribution is -0.129. The number of hydrogen-bond donors (Lipinski definition) is 2. The molecule has 0 bridgehead atoms. The summed E-state index contributed by atoms with van der Waals surface area (Å²) in [5.74, 6) is -0.255. The van der Waals surface area contributed by atoms with Crippen LogP contribution in [-0.4, -0.2) is 24.1 Å². The Kier molecular flexibility index (Phi) is 6.13. The van der Waals surface area contributed by atoms with Gasteiger partial charge in [0.2, 0.25) is 5.91 Å². The zero-order valence-electron chi connectivity index (χ0n) is 13.0. The van der Waals surface area contributed by atoms with Crippen molar-refractivity contribution in [3.05, 3.63) is 35.9 Å². The van der Waals surface area contributed by atoms with Crippen molar-refractivity contribution < 1.29 is 9.59 Å². The quantitative estimate of drug-likeness (QED) is 0.646. The van der Waals surface area contributed by atoms with Crippen LogP contribution in [0, 0.1) is 5.92 Å². The molecule has 118 valence electrons. The standard InChI is InChI=1S/C17H23N3O2/c1-13(14-8-4-2-5-9-14)19-20-16(21)12-18-17(22)15-10-6-3-7-11-15/h2,4-5,8-9,15H,3,6-7,10-12H2,1H3,(H,18,22)(H,20,21). The molecule has 5 nitrogen and oxygen atoms in total. The zero-order valence-corrected chi connectivity index (χ0v) is 13.0. The molecule has 0 atom stereocenters. The summed E-state index contributed by atoms with van der Waals surface area (Å²) < 4.78 is 0. The van der Waals surface area contributed by atoms with E-state index < -0.39 is 0 Å². The summed E-state index contributed by atoms with van der Waals surface area (Å²) in [5.41, 5.74) is 4.16. The maximum Gasteiger partial charge on any atom is 0.259 e. The van der Waals surface area contributed by atoms with Crippen molar-refractivity contribution in [3.63, 3.8) is 0 Å². The van der Waals surface area contributed by atoms with Crippen LogP contribution in [0.4, 0.5) is 0 Å². The van der Waals surface area contributed by atoms with Crippen LogP contribution in [0.3, 0.4) is 0 Å². The summed E-state index contributed by atoms with van der Waals surface area (Å²) >= 11 is 0. The highest BCUT2D eigenvalue weighted by Crippen LogP contribution is 2.23. The maximum atomic E-state index is 11.9. The Morgan fingerprint density at radius 3 is 2.50 bits per heavy atom. The second-order valence-corrected chi connectivity index (χ2v) is 5.65. The molecule has 1 aliphatic carbocycles. The smallest absolute Gasteiger partial charge is 0.259 e. The van der Waals surface area contributed by atoms with Crippen LogP contribution in [-0.2, 0) is 9.59 Å². The molecule has 1 saturated carbocycles. The van der Waals surface area contributed by atoms with E-state index in [4.69, 9.17) is 0 Å². The molecular formula is C17H23N3O2. The van der Waals surface area contributed by atoms with Crippen LogP contribution >= 0.6 is 0 Å². The molecule has 22 heavy (non-hydrogen) atoms. The third-order valence-electron chi connectivity index (χ3n) is 3.94. The van der Waals surface area contributed by atoms with Gasteiger partial charge in [0, 0.05) is 5.92 Å². The van der Waals surface area contributed by atoms with E-state index in [0.29, 0.717) is 0 Å². The molecule has 2 amide bonds. The van der Waals surface area contributed by atoms with Crippen molar-refractivity contribution in [2.45, 2.75) is 39.0 Å². The molecule has 2 N–H and O–H groups in total. The first-order chi connectivity index (χ1) is 10.7. The highest BCUT2D eigenvalue weighted by molar-refractivity contribution is 5.99. The van der Waals surface area contributed by atoms with E-state index in [1.165, 1.54) is 6.42 Å². The molecule has 2 rings (SSSR count). The fraction of sp³-hybridized carbons (Fsp3) is 0.471. The first-order valence-electron chi connectivity index (χ1n) is 7.83. The summed E-state index contributed by atoms with van der Waals surface area (Å²) in [6, 6.07) is 9.61. The van der Waals surface area contributed by atoms with E-state index in [1.54, 1.807) is 0 Å². The highest BCUT2D eigenvalue weighted by Gasteiger charge is 2.21. The minimum atomic E-state index is -0.306. The van der Waals surface area contributed by atoms with E-state index in [0.717, 1.165) is 37.0 Å². The van der Waals surface area contributed by atoms with Gasteiger partial charge in [-0.1, -0.05) is 49.6 Å². The van der Waals surface area contributed by atoms with Crippen molar-refractivity contribution in [3.8, 4) is 0 Å². The van der Waals surface area contributed by atoms with Crippen molar-refractivity contribution in [1.82, 2.24) is 10.7 Å². The van der Waals surface area contributed by atoms with Crippen molar-refractivity contribution in [2.75, 3.05) is 6.54 Å². The lowest BCUT2D eigenvalue weighted by Gasteiger charge is -2.20. The number of nitrogens with zero attached hydrogens (tertiary/aromatic N) is 1. The maximum absolute atomic E-state index is 11.9. The summed E-state index contributed by atoms with van der Waals surface area (Å²) in [5, 5.41) is 6.75. The second-order valence-electron chi connectivity index (χ2n) is 5.65. The molecule has 0 spiro atoms. The van der Waals surface area contributed by atoms with Gasteiger partial charge in [-0.2, -0.15) is 5.10 Å². The number of amides is 2. The Balaban J connectivity index is 1.74. The SMILES string of the molecule is CC(=NNC(=O)CNC(=O)C1CCCCC1)c1ccccc1. The minimum absolute atomic E-state index is 0.0152. The van der Waals surface area contributed by atoms with E-state index in [2.05, 4.69) is 15.8 Å². The largest absolute Gasteiger partial charge is 0.347 e. The Labute approximate surface area is 131 Å². The molecule has 0 saturated heterocycles. The van der Waals surface area contributed by atoms with Crippen LogP contribution in [0.5, 0.6) is 0 Å². The fourth-order valence-electron chi connectivity index (χ4n) is 2.61. The first-order valence-corrected chi connectivity index (χ1v) is 7.83. The van der Waals surface area contributed by atoms with Gasteiger partial charge in [0.25, 0.3) is 5.91 Å². The predicted molar refractivity (Wildman–Crippen MR) is 86.4 cm³/mol. The van der Waals surface area contributed by atoms with Crippen molar-refractivity contribution >= 4 is 17.5 Å². The molecule has 1 aromatic carbocycles. The zero-order chi connectivity index (χ0) is 15.8. The Morgan fingerprint density at radius 2 is 1.82 bits per heavy atom. The Morgan fingerprint density at radius 1 is 1.14 bits per heavy atom. The molecule has 1 fully saturated rings. The van der Waals surface area contributed by atoms with Crippen molar-refractivity contribution in [2.24, 2.45) is 11.0 Å². The number of hydrazone groups is 1. The van der Waals surface area contributed by atoms with E-state index in [1.807, 2.05) is 37.3 Å². The lowest BCUT2D eigenvalue weighted by atomic mass is 9.89. The molecule has 1 aromatic rings. The molecule has 1 aliphatic rings. The molecule has 0 aliphatic heterocycles. The highest BCUT2D eigenvalue weighted by atomic mass is 16.2. The number of carbonyl (C=O) groups is 2. The molecular weight excluding hydrogens is 278 g/mol. The summed E-state index contributed by atoms with van der Waals surface area (Å²) in [4.78, 5) is 23.7. The molecule has 0 aromatic heterocycles. The van der Waals surface area contributed by atoms with E-state index in [9.17, 15) is 9.59 Å². The molecule has 0 unspecified atom stereocenters. The topological polar surface area (TPSA) is 70.6 Å². The number of benzene rings is 1. The van der Waals surface area contributed by atoms with E-state index >= 15 is 0 Å². The van der Waals surface area contributed by atoms with Crippen LogP contribution in [0.2, 0.25) is 0 Å². The average molecular weight is 301 g/mol.